The van der Waals surface area contributed by atoms with Crippen LogP contribution in [0, 0.1) is 18.7 Å². The third-order valence-corrected chi connectivity index (χ3v) is 6.49. The zero-order valence-electron chi connectivity index (χ0n) is 17.3. The van der Waals surface area contributed by atoms with Crippen molar-refractivity contribution in [3.05, 3.63) is 42.0 Å². The summed E-state index contributed by atoms with van der Waals surface area (Å²) in [6.45, 7) is 6.22. The van der Waals surface area contributed by atoms with Gasteiger partial charge in [0.25, 0.3) is 0 Å². The van der Waals surface area contributed by atoms with Crippen molar-refractivity contribution in [1.29, 1.82) is 0 Å². The van der Waals surface area contributed by atoms with E-state index in [0.717, 1.165) is 42.8 Å². The fourth-order valence-corrected chi connectivity index (χ4v) is 5.06. The fourth-order valence-electron chi connectivity index (χ4n) is 5.06. The van der Waals surface area contributed by atoms with Crippen LogP contribution in [-0.2, 0) is 4.74 Å². The first-order valence-corrected chi connectivity index (χ1v) is 10.1. The average Bonchev–Trinajstić information content (AvgIpc) is 2.68. The summed E-state index contributed by atoms with van der Waals surface area (Å²) in [5.41, 5.74) is 2.14. The van der Waals surface area contributed by atoms with E-state index < -0.39 is 5.82 Å². The number of carbonyl (C=O) groups excluding carboxylic acids is 1. The Morgan fingerprint density at radius 3 is 2.76 bits per heavy atom. The number of ether oxygens (including phenoxy) is 1. The lowest BCUT2D eigenvalue weighted by atomic mass is 9.62. The van der Waals surface area contributed by atoms with Crippen LogP contribution >= 0.6 is 0 Å². The zero-order valence-corrected chi connectivity index (χ0v) is 17.3. The smallest absolute Gasteiger partial charge is 0.322 e. The largest absolute Gasteiger partial charge is 0.379 e. The number of aryl methyl sites for hydroxylation is 1. The molecule has 1 N–H and O–H groups in total. The number of fused-ring (bicyclic) bond motifs is 2. The standard InChI is InChI=1S/C22H27FN4O2/c1-13-7-18-10-22(9-13,15(3)29-4)27(18)21(28)26-17-6-5-14(2)19(8-17)20-24-11-16(23)12-25-20/h5-6,8,11-13,15,18H,7,9-10H2,1-4H3,(H,26,28)/t13-,15-,18-,22+/m1/s1. The summed E-state index contributed by atoms with van der Waals surface area (Å²) in [6, 6.07) is 5.76. The number of hydrogen-bond donors (Lipinski definition) is 1. The maximum atomic E-state index is 13.2. The van der Waals surface area contributed by atoms with Crippen LogP contribution in [0.2, 0.25) is 0 Å². The Labute approximate surface area is 170 Å². The summed E-state index contributed by atoms with van der Waals surface area (Å²) in [4.78, 5) is 23.3. The van der Waals surface area contributed by atoms with E-state index in [2.05, 4.69) is 22.2 Å². The minimum Gasteiger partial charge on any atom is -0.379 e. The lowest BCUT2D eigenvalue weighted by molar-refractivity contribution is -0.155. The van der Waals surface area contributed by atoms with Gasteiger partial charge >= 0.3 is 6.03 Å². The molecular formula is C22H27FN4O2. The molecule has 6 nitrogen and oxygen atoms in total. The molecule has 1 aromatic heterocycles. The predicted molar refractivity (Wildman–Crippen MR) is 109 cm³/mol. The van der Waals surface area contributed by atoms with Crippen molar-refractivity contribution in [2.75, 3.05) is 12.4 Å². The maximum absolute atomic E-state index is 13.2. The van der Waals surface area contributed by atoms with Crippen LogP contribution in [0.5, 0.6) is 0 Å². The third kappa shape index (κ3) is 3.37. The highest BCUT2D eigenvalue weighted by Crippen LogP contribution is 2.52. The minimum atomic E-state index is -0.480. The number of anilines is 1. The molecular weight excluding hydrogens is 371 g/mol. The van der Waals surface area contributed by atoms with Gasteiger partial charge < -0.3 is 15.0 Å². The number of piperidine rings is 1. The van der Waals surface area contributed by atoms with Gasteiger partial charge in [-0.1, -0.05) is 13.0 Å². The number of rotatable bonds is 4. The molecule has 1 saturated heterocycles. The maximum Gasteiger partial charge on any atom is 0.322 e. The fraction of sp³-hybridized carbons (Fsp3) is 0.500. The van der Waals surface area contributed by atoms with Crippen molar-refractivity contribution < 1.29 is 13.9 Å². The molecule has 1 aliphatic heterocycles. The normalized spacial score (nSPS) is 26.6. The van der Waals surface area contributed by atoms with Crippen molar-refractivity contribution in [3.63, 3.8) is 0 Å². The first-order chi connectivity index (χ1) is 13.8. The Morgan fingerprint density at radius 2 is 2.07 bits per heavy atom. The number of amides is 2. The molecule has 2 heterocycles. The molecule has 7 heteroatoms. The minimum absolute atomic E-state index is 0.0200. The number of urea groups is 1. The van der Waals surface area contributed by atoms with E-state index in [1.54, 1.807) is 7.11 Å². The van der Waals surface area contributed by atoms with Crippen LogP contribution in [0.3, 0.4) is 0 Å². The van der Waals surface area contributed by atoms with E-state index in [9.17, 15) is 9.18 Å². The van der Waals surface area contributed by atoms with Crippen LogP contribution in [0.25, 0.3) is 11.4 Å². The second-order valence-corrected chi connectivity index (χ2v) is 8.44. The second kappa shape index (κ2) is 7.37. The number of nitrogens with zero attached hydrogens (tertiary/aromatic N) is 3. The van der Waals surface area contributed by atoms with E-state index in [-0.39, 0.29) is 23.7 Å². The van der Waals surface area contributed by atoms with Crippen LogP contribution in [-0.4, -0.2) is 45.7 Å². The molecule has 29 heavy (non-hydrogen) atoms. The highest BCUT2D eigenvalue weighted by Gasteiger charge is 2.61. The molecule has 2 aromatic rings. The number of nitrogens with one attached hydrogen (secondary N) is 1. The van der Waals surface area contributed by atoms with E-state index >= 15 is 0 Å². The summed E-state index contributed by atoms with van der Waals surface area (Å²) in [7, 11) is 1.71. The van der Waals surface area contributed by atoms with E-state index in [1.807, 2.05) is 36.9 Å². The summed E-state index contributed by atoms with van der Waals surface area (Å²) in [5, 5.41) is 3.04. The highest BCUT2D eigenvalue weighted by molar-refractivity contribution is 5.92. The number of aromatic nitrogens is 2. The number of benzene rings is 1. The quantitative estimate of drug-likeness (QED) is 0.829. The molecule has 0 radical (unpaired) electrons. The number of likely N-dealkylation sites (tertiary alicyclic amines) is 1. The second-order valence-electron chi connectivity index (χ2n) is 8.44. The van der Waals surface area contributed by atoms with Crippen LogP contribution in [0.4, 0.5) is 14.9 Å². The molecule has 0 unspecified atom stereocenters. The van der Waals surface area contributed by atoms with Gasteiger partial charge in [0.2, 0.25) is 0 Å². The predicted octanol–water partition coefficient (Wildman–Crippen LogP) is 4.40. The Bertz CT molecular complexity index is 920. The molecule has 4 rings (SSSR count). The lowest BCUT2D eigenvalue weighted by Crippen LogP contribution is -2.76. The van der Waals surface area contributed by atoms with Crippen molar-refractivity contribution in [2.24, 2.45) is 5.92 Å². The SMILES string of the molecule is CO[C@H](C)[C@]12C[C@H](C)C[C@H](C1)N2C(=O)Nc1ccc(C)c(-c2ncc(F)cn2)c1. The Morgan fingerprint density at radius 1 is 1.34 bits per heavy atom. The summed E-state index contributed by atoms with van der Waals surface area (Å²) < 4.78 is 18.8. The zero-order chi connectivity index (χ0) is 20.8. The molecule has 154 valence electrons. The molecule has 0 spiro atoms. The molecule has 1 aliphatic carbocycles. The molecule has 1 saturated carbocycles. The van der Waals surface area contributed by atoms with Crippen molar-refractivity contribution in [3.8, 4) is 11.4 Å². The summed E-state index contributed by atoms with van der Waals surface area (Å²) >= 11 is 0. The molecule has 1 aromatic carbocycles. The van der Waals surface area contributed by atoms with E-state index in [1.165, 1.54) is 0 Å². The first kappa shape index (κ1) is 19.8. The van der Waals surface area contributed by atoms with Crippen LogP contribution in [0.1, 0.15) is 38.7 Å². The Hall–Kier alpha value is -2.54. The van der Waals surface area contributed by atoms with Gasteiger partial charge in [0.15, 0.2) is 11.6 Å². The van der Waals surface area contributed by atoms with Crippen molar-refractivity contribution in [2.45, 2.75) is 57.7 Å². The van der Waals surface area contributed by atoms with Gasteiger partial charge in [0.1, 0.15) is 0 Å². The number of methoxy groups -OCH3 is 1. The molecule has 2 aliphatic rings. The van der Waals surface area contributed by atoms with Gasteiger partial charge in [-0.15, -0.1) is 0 Å². The highest BCUT2D eigenvalue weighted by atomic mass is 19.1. The van der Waals surface area contributed by atoms with Gasteiger partial charge in [0.05, 0.1) is 24.0 Å². The van der Waals surface area contributed by atoms with Crippen LogP contribution in [0.15, 0.2) is 30.6 Å². The number of hydrogen-bond acceptors (Lipinski definition) is 4. The van der Waals surface area contributed by atoms with Gasteiger partial charge in [-0.2, -0.15) is 0 Å². The third-order valence-electron chi connectivity index (χ3n) is 6.49. The Kier molecular flexibility index (Phi) is 5.02. The molecule has 4 atom stereocenters. The lowest BCUT2D eigenvalue weighted by Gasteiger charge is -2.65. The summed E-state index contributed by atoms with van der Waals surface area (Å²) in [5.74, 6) is 0.531. The van der Waals surface area contributed by atoms with Gasteiger partial charge in [0, 0.05) is 24.4 Å². The number of halogens is 1. The summed E-state index contributed by atoms with van der Waals surface area (Å²) in [6.07, 6.45) is 5.23. The topological polar surface area (TPSA) is 67.3 Å². The monoisotopic (exact) mass is 398 g/mol. The van der Waals surface area contributed by atoms with Gasteiger partial charge in [-0.05, 0) is 56.7 Å². The first-order valence-electron chi connectivity index (χ1n) is 10.1. The van der Waals surface area contributed by atoms with Crippen LogP contribution < -0.4 is 5.32 Å². The van der Waals surface area contributed by atoms with Gasteiger partial charge in [-0.25, -0.2) is 19.2 Å². The van der Waals surface area contributed by atoms with Crippen molar-refractivity contribution >= 4 is 11.7 Å². The van der Waals surface area contributed by atoms with Crippen molar-refractivity contribution in [1.82, 2.24) is 14.9 Å². The molecule has 2 fully saturated rings. The van der Waals surface area contributed by atoms with Gasteiger partial charge in [-0.3, -0.25) is 0 Å². The van der Waals surface area contributed by atoms with E-state index in [4.69, 9.17) is 4.74 Å². The van der Waals surface area contributed by atoms with E-state index in [0.29, 0.717) is 17.4 Å². The average molecular weight is 398 g/mol. The number of carbonyl (C=O) groups is 1. The molecule has 2 amide bonds. The Balaban J connectivity index is 1.57. The molecule has 2 bridgehead atoms.